The molecule has 2 atom stereocenters. The number of hydrogen-bond acceptors (Lipinski definition) is 3. The van der Waals surface area contributed by atoms with E-state index in [1.807, 2.05) is 12.1 Å². The third-order valence-corrected chi connectivity index (χ3v) is 3.33. The van der Waals surface area contributed by atoms with Crippen molar-refractivity contribution in [3.63, 3.8) is 0 Å². The summed E-state index contributed by atoms with van der Waals surface area (Å²) in [5.74, 6) is 0.689. The molecule has 1 fully saturated rings. The fourth-order valence-electron chi connectivity index (χ4n) is 2.31. The van der Waals surface area contributed by atoms with E-state index in [4.69, 9.17) is 5.73 Å². The molecule has 1 heterocycles. The second-order valence-corrected chi connectivity index (χ2v) is 4.82. The van der Waals surface area contributed by atoms with Crippen molar-refractivity contribution >= 4 is 0 Å². The maximum Gasteiger partial charge on any atom is 0.387 e. The Morgan fingerprint density at radius 1 is 1.39 bits per heavy atom. The van der Waals surface area contributed by atoms with Crippen LogP contribution in [-0.2, 0) is 6.54 Å². The standard InChI is InChI=1S/C13H18F2N2O/c1-9-6-17(8-11(9)16)7-10-4-2-3-5-12(10)18-13(14)15/h2-5,9,11,13H,6-8,16H2,1H3. The molecule has 2 N–H and O–H groups in total. The zero-order chi connectivity index (χ0) is 13.1. The summed E-state index contributed by atoms with van der Waals surface area (Å²) in [5.41, 5.74) is 6.73. The van der Waals surface area contributed by atoms with Gasteiger partial charge in [-0.2, -0.15) is 8.78 Å². The molecule has 1 aromatic carbocycles. The van der Waals surface area contributed by atoms with Gasteiger partial charge in [-0.25, -0.2) is 0 Å². The van der Waals surface area contributed by atoms with Gasteiger partial charge >= 0.3 is 6.61 Å². The molecule has 0 saturated carbocycles. The van der Waals surface area contributed by atoms with Gasteiger partial charge in [0.2, 0.25) is 0 Å². The summed E-state index contributed by atoms with van der Waals surface area (Å²) in [4.78, 5) is 2.17. The Morgan fingerprint density at radius 2 is 2.11 bits per heavy atom. The molecule has 0 radical (unpaired) electrons. The number of hydrogen-bond donors (Lipinski definition) is 1. The first kappa shape index (κ1) is 13.2. The van der Waals surface area contributed by atoms with Gasteiger partial charge in [0.1, 0.15) is 5.75 Å². The van der Waals surface area contributed by atoms with E-state index in [1.54, 1.807) is 12.1 Å². The van der Waals surface area contributed by atoms with E-state index in [2.05, 4.69) is 16.6 Å². The van der Waals surface area contributed by atoms with Crippen LogP contribution >= 0.6 is 0 Å². The normalized spacial score (nSPS) is 24.7. The van der Waals surface area contributed by atoms with E-state index in [1.165, 1.54) is 0 Å². The van der Waals surface area contributed by atoms with Gasteiger partial charge in [0.25, 0.3) is 0 Å². The van der Waals surface area contributed by atoms with Crippen LogP contribution in [-0.4, -0.2) is 30.6 Å². The Balaban J connectivity index is 2.05. The van der Waals surface area contributed by atoms with E-state index < -0.39 is 6.61 Å². The molecule has 1 aliphatic heterocycles. The lowest BCUT2D eigenvalue weighted by atomic mass is 10.1. The van der Waals surface area contributed by atoms with Gasteiger partial charge < -0.3 is 10.5 Å². The molecule has 2 rings (SSSR count). The minimum atomic E-state index is -2.79. The van der Waals surface area contributed by atoms with E-state index in [-0.39, 0.29) is 11.8 Å². The van der Waals surface area contributed by atoms with Gasteiger partial charge in [-0.05, 0) is 12.0 Å². The van der Waals surface area contributed by atoms with Crippen molar-refractivity contribution in [3.8, 4) is 5.75 Å². The van der Waals surface area contributed by atoms with Crippen LogP contribution in [0.25, 0.3) is 0 Å². The van der Waals surface area contributed by atoms with Crippen molar-refractivity contribution in [1.29, 1.82) is 0 Å². The molecule has 1 aromatic rings. The average Bonchev–Trinajstić information content (AvgIpc) is 2.60. The Hall–Kier alpha value is -1.20. The van der Waals surface area contributed by atoms with Crippen LogP contribution in [0.2, 0.25) is 0 Å². The van der Waals surface area contributed by atoms with Gasteiger partial charge in [-0.15, -0.1) is 0 Å². The minimum Gasteiger partial charge on any atom is -0.434 e. The Morgan fingerprint density at radius 3 is 2.72 bits per heavy atom. The van der Waals surface area contributed by atoms with E-state index in [0.717, 1.165) is 18.7 Å². The number of likely N-dealkylation sites (tertiary alicyclic amines) is 1. The van der Waals surface area contributed by atoms with Crippen molar-refractivity contribution in [2.75, 3.05) is 13.1 Å². The highest BCUT2D eigenvalue weighted by atomic mass is 19.3. The zero-order valence-electron chi connectivity index (χ0n) is 10.4. The molecular weight excluding hydrogens is 238 g/mol. The molecule has 18 heavy (non-hydrogen) atoms. The summed E-state index contributed by atoms with van der Waals surface area (Å²) in [6.45, 7) is 1.60. The Labute approximate surface area is 106 Å². The molecule has 0 amide bonds. The summed E-state index contributed by atoms with van der Waals surface area (Å²) >= 11 is 0. The number of para-hydroxylation sites is 1. The smallest absolute Gasteiger partial charge is 0.387 e. The van der Waals surface area contributed by atoms with E-state index in [0.29, 0.717) is 12.5 Å². The molecular formula is C13H18F2N2O. The lowest BCUT2D eigenvalue weighted by Gasteiger charge is -2.17. The molecule has 2 unspecified atom stereocenters. The highest BCUT2D eigenvalue weighted by molar-refractivity contribution is 5.33. The topological polar surface area (TPSA) is 38.5 Å². The number of nitrogens with zero attached hydrogens (tertiary/aromatic N) is 1. The number of rotatable bonds is 4. The second kappa shape index (κ2) is 5.63. The fourth-order valence-corrected chi connectivity index (χ4v) is 2.31. The van der Waals surface area contributed by atoms with Crippen molar-refractivity contribution in [2.24, 2.45) is 11.7 Å². The number of ether oxygens (including phenoxy) is 1. The van der Waals surface area contributed by atoms with Crippen LogP contribution in [0.1, 0.15) is 12.5 Å². The SMILES string of the molecule is CC1CN(Cc2ccccc2OC(F)F)CC1N. The number of benzene rings is 1. The van der Waals surface area contributed by atoms with Gasteiger partial charge in [-0.1, -0.05) is 25.1 Å². The predicted molar refractivity (Wildman–Crippen MR) is 65.5 cm³/mol. The number of nitrogens with two attached hydrogens (primary N) is 1. The molecule has 0 aliphatic carbocycles. The van der Waals surface area contributed by atoms with Crippen LogP contribution in [0.4, 0.5) is 8.78 Å². The highest BCUT2D eigenvalue weighted by Crippen LogP contribution is 2.24. The number of halogens is 2. The van der Waals surface area contributed by atoms with Crippen molar-refractivity contribution in [2.45, 2.75) is 26.1 Å². The summed E-state index contributed by atoms with van der Waals surface area (Å²) in [6.07, 6.45) is 0. The molecule has 0 aromatic heterocycles. The lowest BCUT2D eigenvalue weighted by Crippen LogP contribution is -2.28. The quantitative estimate of drug-likeness (QED) is 0.896. The van der Waals surface area contributed by atoms with Crippen LogP contribution in [0, 0.1) is 5.92 Å². The largest absolute Gasteiger partial charge is 0.434 e. The van der Waals surface area contributed by atoms with E-state index in [9.17, 15) is 8.78 Å². The summed E-state index contributed by atoms with van der Waals surface area (Å²) in [6, 6.07) is 7.06. The van der Waals surface area contributed by atoms with Crippen molar-refractivity contribution in [1.82, 2.24) is 4.90 Å². The van der Waals surface area contributed by atoms with Crippen LogP contribution in [0.5, 0.6) is 5.75 Å². The molecule has 3 nitrogen and oxygen atoms in total. The molecule has 0 spiro atoms. The molecule has 1 aliphatic rings. The second-order valence-electron chi connectivity index (χ2n) is 4.82. The van der Waals surface area contributed by atoms with Crippen LogP contribution < -0.4 is 10.5 Å². The molecule has 100 valence electrons. The van der Waals surface area contributed by atoms with Crippen LogP contribution in [0.15, 0.2) is 24.3 Å². The van der Waals surface area contributed by atoms with Crippen LogP contribution in [0.3, 0.4) is 0 Å². The van der Waals surface area contributed by atoms with E-state index >= 15 is 0 Å². The average molecular weight is 256 g/mol. The summed E-state index contributed by atoms with van der Waals surface area (Å²) in [7, 11) is 0. The first-order valence-electron chi connectivity index (χ1n) is 6.07. The van der Waals surface area contributed by atoms with Gasteiger partial charge in [0, 0.05) is 31.2 Å². The summed E-state index contributed by atoms with van der Waals surface area (Å²) in [5, 5.41) is 0. The third-order valence-electron chi connectivity index (χ3n) is 3.33. The summed E-state index contributed by atoms with van der Waals surface area (Å²) < 4.78 is 29.1. The first-order chi connectivity index (χ1) is 8.56. The number of alkyl halides is 2. The fraction of sp³-hybridized carbons (Fsp3) is 0.538. The first-order valence-corrected chi connectivity index (χ1v) is 6.07. The maximum absolute atomic E-state index is 12.3. The van der Waals surface area contributed by atoms with Gasteiger partial charge in [0.15, 0.2) is 0 Å². The lowest BCUT2D eigenvalue weighted by molar-refractivity contribution is -0.0507. The zero-order valence-corrected chi connectivity index (χ0v) is 10.4. The predicted octanol–water partition coefficient (Wildman–Crippen LogP) is 2.07. The minimum absolute atomic E-state index is 0.160. The third kappa shape index (κ3) is 3.17. The van der Waals surface area contributed by atoms with Gasteiger partial charge in [-0.3, -0.25) is 4.90 Å². The Bertz CT molecular complexity index is 390. The maximum atomic E-state index is 12.3. The Kier molecular flexibility index (Phi) is 4.14. The molecule has 5 heteroatoms. The highest BCUT2D eigenvalue weighted by Gasteiger charge is 2.27. The molecule has 0 bridgehead atoms. The van der Waals surface area contributed by atoms with Crippen molar-refractivity contribution in [3.05, 3.63) is 29.8 Å². The van der Waals surface area contributed by atoms with Crippen molar-refractivity contribution < 1.29 is 13.5 Å². The monoisotopic (exact) mass is 256 g/mol. The molecule has 1 saturated heterocycles. The van der Waals surface area contributed by atoms with Gasteiger partial charge in [0.05, 0.1) is 0 Å².